The van der Waals surface area contributed by atoms with Crippen molar-refractivity contribution >= 4 is 17.4 Å². The van der Waals surface area contributed by atoms with E-state index in [2.05, 4.69) is 11.1 Å². The number of aromatic nitrogens is 1. The first-order valence-corrected chi connectivity index (χ1v) is 4.61. The standard InChI is InChI=1S/C10H12ClN3/c1-6-8(5-12)10(14(3)4)13-7(2)9(6)11/h1-4H3. The third kappa shape index (κ3) is 1.66. The number of rotatable bonds is 1. The molecule has 1 rings (SSSR count). The molecule has 0 aromatic carbocycles. The molecule has 0 atom stereocenters. The highest BCUT2D eigenvalue weighted by Crippen LogP contribution is 2.27. The van der Waals surface area contributed by atoms with Gasteiger partial charge in [0.2, 0.25) is 0 Å². The summed E-state index contributed by atoms with van der Waals surface area (Å²) in [6, 6.07) is 2.12. The van der Waals surface area contributed by atoms with E-state index in [1.54, 1.807) is 0 Å². The Morgan fingerprint density at radius 1 is 1.36 bits per heavy atom. The fraction of sp³-hybridized carbons (Fsp3) is 0.400. The smallest absolute Gasteiger partial charge is 0.146 e. The lowest BCUT2D eigenvalue weighted by Crippen LogP contribution is -2.14. The van der Waals surface area contributed by atoms with Crippen LogP contribution in [-0.4, -0.2) is 19.1 Å². The van der Waals surface area contributed by atoms with Gasteiger partial charge in [0.1, 0.15) is 11.9 Å². The van der Waals surface area contributed by atoms with Crippen molar-refractivity contribution in [2.24, 2.45) is 0 Å². The van der Waals surface area contributed by atoms with Crippen LogP contribution in [0.3, 0.4) is 0 Å². The maximum atomic E-state index is 8.99. The number of halogens is 1. The second-order valence-corrected chi connectivity index (χ2v) is 3.72. The fourth-order valence-corrected chi connectivity index (χ4v) is 1.41. The molecule has 0 saturated carbocycles. The highest BCUT2D eigenvalue weighted by atomic mass is 35.5. The van der Waals surface area contributed by atoms with Gasteiger partial charge in [-0.3, -0.25) is 0 Å². The highest BCUT2D eigenvalue weighted by Gasteiger charge is 2.14. The van der Waals surface area contributed by atoms with E-state index in [0.717, 1.165) is 11.3 Å². The molecule has 1 heterocycles. The van der Waals surface area contributed by atoms with Gasteiger partial charge in [0, 0.05) is 14.1 Å². The SMILES string of the molecule is Cc1nc(N(C)C)c(C#N)c(C)c1Cl. The van der Waals surface area contributed by atoms with Gasteiger partial charge in [-0.15, -0.1) is 0 Å². The van der Waals surface area contributed by atoms with Crippen LogP contribution in [-0.2, 0) is 0 Å². The van der Waals surface area contributed by atoms with Crippen molar-refractivity contribution in [2.75, 3.05) is 19.0 Å². The summed E-state index contributed by atoms with van der Waals surface area (Å²) in [6.45, 7) is 3.67. The quantitative estimate of drug-likeness (QED) is 0.713. The molecule has 0 saturated heterocycles. The third-order valence-corrected chi connectivity index (χ3v) is 2.61. The van der Waals surface area contributed by atoms with Gasteiger partial charge in [0.05, 0.1) is 16.3 Å². The van der Waals surface area contributed by atoms with Crippen molar-refractivity contribution in [1.82, 2.24) is 4.98 Å². The second kappa shape index (κ2) is 3.85. The van der Waals surface area contributed by atoms with Crippen molar-refractivity contribution in [2.45, 2.75) is 13.8 Å². The Balaban J connectivity index is 3.54. The van der Waals surface area contributed by atoms with Crippen LogP contribution in [0, 0.1) is 25.2 Å². The number of anilines is 1. The van der Waals surface area contributed by atoms with Gasteiger partial charge in [-0.05, 0) is 19.4 Å². The zero-order valence-electron chi connectivity index (χ0n) is 8.72. The molecule has 0 spiro atoms. The molecule has 0 unspecified atom stereocenters. The van der Waals surface area contributed by atoms with E-state index in [4.69, 9.17) is 16.9 Å². The van der Waals surface area contributed by atoms with E-state index in [9.17, 15) is 0 Å². The summed E-state index contributed by atoms with van der Waals surface area (Å²) in [6.07, 6.45) is 0. The third-order valence-electron chi connectivity index (χ3n) is 2.05. The minimum Gasteiger partial charge on any atom is -0.362 e. The number of pyridine rings is 1. The highest BCUT2D eigenvalue weighted by molar-refractivity contribution is 6.32. The lowest BCUT2D eigenvalue weighted by Gasteiger charge is -2.16. The van der Waals surface area contributed by atoms with E-state index >= 15 is 0 Å². The largest absolute Gasteiger partial charge is 0.362 e. The molecule has 14 heavy (non-hydrogen) atoms. The van der Waals surface area contributed by atoms with E-state index < -0.39 is 0 Å². The number of nitriles is 1. The van der Waals surface area contributed by atoms with Gasteiger partial charge < -0.3 is 4.90 Å². The molecule has 0 fully saturated rings. The summed E-state index contributed by atoms with van der Waals surface area (Å²) < 4.78 is 0. The number of nitrogens with zero attached hydrogens (tertiary/aromatic N) is 3. The Hall–Kier alpha value is -1.27. The van der Waals surface area contributed by atoms with Gasteiger partial charge in [0.25, 0.3) is 0 Å². The monoisotopic (exact) mass is 209 g/mol. The molecule has 0 aliphatic heterocycles. The molecule has 3 nitrogen and oxygen atoms in total. The summed E-state index contributed by atoms with van der Waals surface area (Å²) in [7, 11) is 3.71. The molecular weight excluding hydrogens is 198 g/mol. The Morgan fingerprint density at radius 3 is 2.36 bits per heavy atom. The first-order chi connectivity index (χ1) is 6.49. The van der Waals surface area contributed by atoms with Crippen molar-refractivity contribution in [1.29, 1.82) is 5.26 Å². The van der Waals surface area contributed by atoms with Gasteiger partial charge in [-0.25, -0.2) is 4.98 Å². The lowest BCUT2D eigenvalue weighted by atomic mass is 10.1. The average Bonchev–Trinajstić information content (AvgIpc) is 2.13. The van der Waals surface area contributed by atoms with Gasteiger partial charge >= 0.3 is 0 Å². The van der Waals surface area contributed by atoms with Crippen molar-refractivity contribution in [3.8, 4) is 6.07 Å². The molecule has 0 amide bonds. The summed E-state index contributed by atoms with van der Waals surface area (Å²) in [4.78, 5) is 6.09. The van der Waals surface area contributed by atoms with Crippen molar-refractivity contribution < 1.29 is 0 Å². The lowest BCUT2D eigenvalue weighted by molar-refractivity contribution is 1.03. The van der Waals surface area contributed by atoms with Crippen LogP contribution >= 0.6 is 11.6 Å². The minimum absolute atomic E-state index is 0.547. The molecule has 0 aliphatic carbocycles. The average molecular weight is 210 g/mol. The summed E-state index contributed by atoms with van der Waals surface area (Å²) >= 11 is 6.01. The molecule has 4 heteroatoms. The van der Waals surface area contributed by atoms with Crippen LogP contribution in [0.5, 0.6) is 0 Å². The molecule has 0 N–H and O–H groups in total. The van der Waals surface area contributed by atoms with Crippen molar-refractivity contribution in [3.05, 3.63) is 21.8 Å². The van der Waals surface area contributed by atoms with E-state index in [0.29, 0.717) is 16.4 Å². The Bertz CT molecular complexity index is 405. The van der Waals surface area contributed by atoms with Crippen LogP contribution in [0.2, 0.25) is 5.02 Å². The zero-order valence-corrected chi connectivity index (χ0v) is 9.48. The Kier molecular flexibility index (Phi) is 2.97. The molecule has 1 aromatic rings. The van der Waals surface area contributed by atoms with Crippen LogP contribution in [0.15, 0.2) is 0 Å². The van der Waals surface area contributed by atoms with E-state index in [1.807, 2.05) is 32.8 Å². The molecule has 0 bridgehead atoms. The maximum absolute atomic E-state index is 8.99. The number of hydrogen-bond donors (Lipinski definition) is 0. The molecule has 0 aliphatic rings. The predicted octanol–water partition coefficient (Wildman–Crippen LogP) is 2.29. The predicted molar refractivity (Wildman–Crippen MR) is 57.8 cm³/mol. The van der Waals surface area contributed by atoms with Gasteiger partial charge in [0.15, 0.2) is 0 Å². The van der Waals surface area contributed by atoms with E-state index in [1.165, 1.54) is 0 Å². The van der Waals surface area contributed by atoms with Crippen LogP contribution in [0.1, 0.15) is 16.8 Å². The number of aryl methyl sites for hydroxylation is 1. The second-order valence-electron chi connectivity index (χ2n) is 3.34. The Morgan fingerprint density at radius 2 is 1.93 bits per heavy atom. The zero-order chi connectivity index (χ0) is 10.9. The molecular formula is C10H12ClN3. The van der Waals surface area contributed by atoms with E-state index in [-0.39, 0.29) is 0 Å². The summed E-state index contributed by atoms with van der Waals surface area (Å²) in [5.74, 6) is 0.673. The van der Waals surface area contributed by atoms with Crippen molar-refractivity contribution in [3.63, 3.8) is 0 Å². The molecule has 1 aromatic heterocycles. The van der Waals surface area contributed by atoms with Gasteiger partial charge in [-0.1, -0.05) is 11.6 Å². The van der Waals surface area contributed by atoms with Crippen LogP contribution in [0.4, 0.5) is 5.82 Å². The Labute approximate surface area is 88.9 Å². The summed E-state index contributed by atoms with van der Waals surface area (Å²) in [5, 5.41) is 9.56. The number of hydrogen-bond acceptors (Lipinski definition) is 3. The normalized spacial score (nSPS) is 9.71. The fourth-order valence-electron chi connectivity index (χ4n) is 1.27. The van der Waals surface area contributed by atoms with Crippen LogP contribution in [0.25, 0.3) is 0 Å². The van der Waals surface area contributed by atoms with Gasteiger partial charge in [-0.2, -0.15) is 5.26 Å². The maximum Gasteiger partial charge on any atom is 0.146 e. The topological polar surface area (TPSA) is 39.9 Å². The summed E-state index contributed by atoms with van der Waals surface area (Å²) in [5.41, 5.74) is 2.10. The first-order valence-electron chi connectivity index (χ1n) is 4.23. The van der Waals surface area contributed by atoms with Crippen LogP contribution < -0.4 is 4.90 Å². The molecule has 0 radical (unpaired) electrons. The molecule has 74 valence electrons. The first kappa shape index (κ1) is 10.8. The minimum atomic E-state index is 0.547.